The normalized spacial score (nSPS) is 23.7. The Balaban J connectivity index is 2.04. The number of nitrogens with zero attached hydrogens (tertiary/aromatic N) is 1. The number of carbonyl (C=O) groups excluding carboxylic acids is 2. The third-order valence-corrected chi connectivity index (χ3v) is 4.80. The number of piperazine rings is 1. The lowest BCUT2D eigenvalue weighted by molar-refractivity contribution is -0.161. The van der Waals surface area contributed by atoms with Crippen molar-refractivity contribution in [3.63, 3.8) is 0 Å². The maximum atomic E-state index is 12.9. The second kappa shape index (κ2) is 6.34. The smallest absolute Gasteiger partial charge is 0.249 e. The Labute approximate surface area is 127 Å². The third kappa shape index (κ3) is 3.07. The molecule has 1 saturated heterocycles. The van der Waals surface area contributed by atoms with Crippen LogP contribution in [0.5, 0.6) is 0 Å². The van der Waals surface area contributed by atoms with Crippen molar-refractivity contribution < 1.29 is 14.3 Å². The molecule has 1 aliphatic carbocycles. The lowest BCUT2D eigenvalue weighted by Crippen LogP contribution is -2.73. The zero-order valence-electron chi connectivity index (χ0n) is 13.5. The number of unbranched alkanes of at least 4 members (excludes halogenated alkanes) is 1. The standard InChI is InChI=1S/C16H28N2O3/c1-4-5-11-21-12-10-18-14(20)16(8-6-7-9-16)17-13(19)15(18,2)3/h4-12H2,1-3H3,(H,17,19). The third-order valence-electron chi connectivity index (χ3n) is 4.80. The molecule has 1 saturated carbocycles. The lowest BCUT2D eigenvalue weighted by atomic mass is 9.86. The average molecular weight is 296 g/mol. The van der Waals surface area contributed by atoms with Crippen LogP contribution in [0.1, 0.15) is 59.3 Å². The average Bonchev–Trinajstić information content (AvgIpc) is 2.90. The van der Waals surface area contributed by atoms with E-state index < -0.39 is 11.1 Å². The quantitative estimate of drug-likeness (QED) is 0.761. The monoisotopic (exact) mass is 296 g/mol. The molecular weight excluding hydrogens is 268 g/mol. The summed E-state index contributed by atoms with van der Waals surface area (Å²) >= 11 is 0. The molecule has 2 fully saturated rings. The first-order chi connectivity index (χ1) is 9.94. The van der Waals surface area contributed by atoms with Crippen molar-refractivity contribution in [2.45, 2.75) is 70.4 Å². The van der Waals surface area contributed by atoms with E-state index >= 15 is 0 Å². The zero-order chi connectivity index (χ0) is 15.5. The maximum absolute atomic E-state index is 12.9. The predicted octanol–water partition coefficient (Wildman–Crippen LogP) is 1.85. The van der Waals surface area contributed by atoms with Crippen molar-refractivity contribution >= 4 is 11.8 Å². The van der Waals surface area contributed by atoms with Crippen LogP contribution in [0.4, 0.5) is 0 Å². The van der Waals surface area contributed by atoms with Crippen molar-refractivity contribution in [3.8, 4) is 0 Å². The number of hydrogen-bond acceptors (Lipinski definition) is 3. The highest BCUT2D eigenvalue weighted by molar-refractivity contribution is 6.02. The highest BCUT2D eigenvalue weighted by Gasteiger charge is 2.55. The maximum Gasteiger partial charge on any atom is 0.249 e. The molecule has 0 aromatic heterocycles. The van der Waals surface area contributed by atoms with E-state index in [0.717, 1.165) is 45.1 Å². The Morgan fingerprint density at radius 1 is 1.19 bits per heavy atom. The van der Waals surface area contributed by atoms with Crippen LogP contribution in [0.15, 0.2) is 0 Å². The summed E-state index contributed by atoms with van der Waals surface area (Å²) < 4.78 is 5.58. The molecule has 0 atom stereocenters. The van der Waals surface area contributed by atoms with Gasteiger partial charge in [0.15, 0.2) is 0 Å². The molecule has 2 amide bonds. The fourth-order valence-electron chi connectivity index (χ4n) is 3.26. The highest BCUT2D eigenvalue weighted by Crippen LogP contribution is 2.37. The molecule has 0 bridgehead atoms. The van der Waals surface area contributed by atoms with Gasteiger partial charge in [0, 0.05) is 13.2 Å². The number of ether oxygens (including phenoxy) is 1. The predicted molar refractivity (Wildman–Crippen MR) is 80.9 cm³/mol. The van der Waals surface area contributed by atoms with Gasteiger partial charge in [0.05, 0.1) is 6.61 Å². The number of nitrogens with one attached hydrogen (secondary N) is 1. The minimum atomic E-state index is -0.793. The molecule has 1 N–H and O–H groups in total. The van der Waals surface area contributed by atoms with E-state index in [1.807, 2.05) is 13.8 Å². The van der Waals surface area contributed by atoms with Crippen LogP contribution < -0.4 is 5.32 Å². The second-order valence-electron chi connectivity index (χ2n) is 6.73. The Hall–Kier alpha value is -1.10. The summed E-state index contributed by atoms with van der Waals surface area (Å²) in [6.45, 7) is 7.45. The molecule has 2 aliphatic rings. The lowest BCUT2D eigenvalue weighted by Gasteiger charge is -2.48. The molecule has 5 heteroatoms. The van der Waals surface area contributed by atoms with Gasteiger partial charge in [-0.3, -0.25) is 9.59 Å². The number of rotatable bonds is 6. The van der Waals surface area contributed by atoms with Crippen molar-refractivity contribution in [2.24, 2.45) is 0 Å². The van der Waals surface area contributed by atoms with Gasteiger partial charge in [-0.25, -0.2) is 0 Å². The van der Waals surface area contributed by atoms with Gasteiger partial charge in [0.2, 0.25) is 11.8 Å². The summed E-state index contributed by atoms with van der Waals surface area (Å²) in [5, 5.41) is 3.00. The van der Waals surface area contributed by atoms with Crippen molar-refractivity contribution in [1.82, 2.24) is 10.2 Å². The van der Waals surface area contributed by atoms with Gasteiger partial charge in [-0.2, -0.15) is 0 Å². The molecule has 0 aromatic carbocycles. The van der Waals surface area contributed by atoms with Crippen LogP contribution in [0.2, 0.25) is 0 Å². The molecule has 1 heterocycles. The Morgan fingerprint density at radius 2 is 1.86 bits per heavy atom. The summed E-state index contributed by atoms with van der Waals surface area (Å²) in [4.78, 5) is 27.0. The molecule has 120 valence electrons. The Kier molecular flexibility index (Phi) is 4.91. The summed E-state index contributed by atoms with van der Waals surface area (Å²) in [5.74, 6) is 0.0289. The van der Waals surface area contributed by atoms with Gasteiger partial charge < -0.3 is 15.0 Å². The first kappa shape index (κ1) is 16.3. The van der Waals surface area contributed by atoms with E-state index in [1.54, 1.807) is 4.90 Å². The van der Waals surface area contributed by atoms with Crippen LogP contribution >= 0.6 is 0 Å². The zero-order valence-corrected chi connectivity index (χ0v) is 13.5. The van der Waals surface area contributed by atoms with E-state index in [9.17, 15) is 9.59 Å². The van der Waals surface area contributed by atoms with Gasteiger partial charge >= 0.3 is 0 Å². The summed E-state index contributed by atoms with van der Waals surface area (Å²) in [7, 11) is 0. The minimum absolute atomic E-state index is 0.0439. The van der Waals surface area contributed by atoms with E-state index in [0.29, 0.717) is 13.2 Å². The van der Waals surface area contributed by atoms with Gasteiger partial charge in [-0.15, -0.1) is 0 Å². The van der Waals surface area contributed by atoms with Gasteiger partial charge in [-0.05, 0) is 33.1 Å². The molecule has 2 rings (SSSR count). The van der Waals surface area contributed by atoms with E-state index in [1.165, 1.54) is 0 Å². The minimum Gasteiger partial charge on any atom is -0.380 e. The van der Waals surface area contributed by atoms with Gasteiger partial charge in [-0.1, -0.05) is 26.2 Å². The molecule has 21 heavy (non-hydrogen) atoms. The summed E-state index contributed by atoms with van der Waals surface area (Å²) in [6, 6.07) is 0. The van der Waals surface area contributed by atoms with Crippen LogP contribution in [0.25, 0.3) is 0 Å². The van der Waals surface area contributed by atoms with E-state index in [2.05, 4.69) is 12.2 Å². The van der Waals surface area contributed by atoms with Crippen LogP contribution in [-0.2, 0) is 14.3 Å². The first-order valence-electron chi connectivity index (χ1n) is 8.16. The van der Waals surface area contributed by atoms with Crippen molar-refractivity contribution in [2.75, 3.05) is 19.8 Å². The fourth-order valence-corrected chi connectivity index (χ4v) is 3.26. The van der Waals surface area contributed by atoms with Crippen molar-refractivity contribution in [1.29, 1.82) is 0 Å². The molecular formula is C16H28N2O3. The van der Waals surface area contributed by atoms with Crippen LogP contribution in [0, 0.1) is 0 Å². The number of amides is 2. The molecule has 0 unspecified atom stereocenters. The van der Waals surface area contributed by atoms with Gasteiger partial charge in [0.25, 0.3) is 0 Å². The van der Waals surface area contributed by atoms with E-state index in [4.69, 9.17) is 4.74 Å². The molecule has 5 nitrogen and oxygen atoms in total. The summed E-state index contributed by atoms with van der Waals surface area (Å²) in [6.07, 6.45) is 5.67. The second-order valence-corrected chi connectivity index (χ2v) is 6.73. The topological polar surface area (TPSA) is 58.6 Å². The highest BCUT2D eigenvalue weighted by atomic mass is 16.5. The number of hydrogen-bond donors (Lipinski definition) is 1. The fraction of sp³-hybridized carbons (Fsp3) is 0.875. The van der Waals surface area contributed by atoms with Gasteiger partial charge in [0.1, 0.15) is 11.1 Å². The SMILES string of the molecule is CCCCOCCN1C(=O)C2(CCCC2)NC(=O)C1(C)C. The van der Waals surface area contributed by atoms with Crippen molar-refractivity contribution in [3.05, 3.63) is 0 Å². The number of carbonyl (C=O) groups is 2. The molecule has 1 aliphatic heterocycles. The van der Waals surface area contributed by atoms with Crippen LogP contribution in [0.3, 0.4) is 0 Å². The Morgan fingerprint density at radius 3 is 2.48 bits per heavy atom. The van der Waals surface area contributed by atoms with E-state index in [-0.39, 0.29) is 11.8 Å². The van der Waals surface area contributed by atoms with Crippen LogP contribution in [-0.4, -0.2) is 47.6 Å². The Bertz CT molecular complexity index is 400. The summed E-state index contributed by atoms with van der Waals surface area (Å²) in [5.41, 5.74) is -1.44. The molecule has 1 spiro atoms. The molecule has 0 radical (unpaired) electrons. The molecule has 0 aromatic rings. The first-order valence-corrected chi connectivity index (χ1v) is 8.16. The largest absolute Gasteiger partial charge is 0.380 e.